The molecule has 116 valence electrons. The van der Waals surface area contributed by atoms with Crippen LogP contribution < -0.4 is 10.1 Å². The smallest absolute Gasteiger partial charge is 0.225 e. The number of nitrogens with one attached hydrogen (secondary N) is 1. The molecule has 1 fully saturated rings. The highest BCUT2D eigenvalue weighted by molar-refractivity contribution is 5.78. The molecule has 1 atom stereocenters. The van der Waals surface area contributed by atoms with Crippen LogP contribution in [-0.4, -0.2) is 31.4 Å². The van der Waals surface area contributed by atoms with E-state index < -0.39 is 0 Å². The number of carbonyl (C=O) groups excluding carboxylic acids is 1. The second kappa shape index (κ2) is 6.62. The fourth-order valence-corrected chi connectivity index (χ4v) is 2.37. The first-order valence-electron chi connectivity index (χ1n) is 7.22. The lowest BCUT2D eigenvalue weighted by Crippen LogP contribution is -2.30. The first-order valence-corrected chi connectivity index (χ1v) is 7.22. The number of methoxy groups -OCH3 is 1. The highest BCUT2D eigenvalue weighted by Crippen LogP contribution is 2.24. The van der Waals surface area contributed by atoms with E-state index in [1.165, 1.54) is 0 Å². The summed E-state index contributed by atoms with van der Waals surface area (Å²) in [5, 5.41) is 6.85. The fraction of sp³-hybridized carbons (Fsp3) is 0.375. The number of amides is 1. The van der Waals surface area contributed by atoms with Gasteiger partial charge in [-0.3, -0.25) is 4.79 Å². The monoisotopic (exact) mass is 302 g/mol. The van der Waals surface area contributed by atoms with E-state index in [1.54, 1.807) is 7.11 Å². The Morgan fingerprint density at radius 2 is 2.36 bits per heavy atom. The van der Waals surface area contributed by atoms with E-state index in [2.05, 4.69) is 10.5 Å². The molecule has 1 amide bonds. The van der Waals surface area contributed by atoms with Crippen molar-refractivity contribution in [2.75, 3.05) is 20.3 Å². The number of aromatic nitrogens is 1. The van der Waals surface area contributed by atoms with E-state index in [0.717, 1.165) is 17.7 Å². The van der Waals surface area contributed by atoms with Gasteiger partial charge in [0.15, 0.2) is 5.76 Å². The Kier molecular flexibility index (Phi) is 4.39. The van der Waals surface area contributed by atoms with Crippen molar-refractivity contribution in [2.45, 2.75) is 13.0 Å². The van der Waals surface area contributed by atoms with Gasteiger partial charge in [-0.2, -0.15) is 0 Å². The Bertz CT molecular complexity index is 647. The summed E-state index contributed by atoms with van der Waals surface area (Å²) < 4.78 is 15.7. The topological polar surface area (TPSA) is 73.6 Å². The molecule has 0 aliphatic carbocycles. The number of carbonyl (C=O) groups is 1. The number of nitrogens with zero attached hydrogens (tertiary/aromatic N) is 1. The number of hydrogen-bond acceptors (Lipinski definition) is 5. The molecule has 2 heterocycles. The van der Waals surface area contributed by atoms with Crippen molar-refractivity contribution in [3.8, 4) is 17.1 Å². The maximum absolute atomic E-state index is 11.9. The normalized spacial score (nSPS) is 17.4. The summed E-state index contributed by atoms with van der Waals surface area (Å²) in [5.41, 5.74) is 1.57. The predicted octanol–water partition coefficient (Wildman–Crippen LogP) is 2.00. The molecule has 0 spiro atoms. The highest BCUT2D eigenvalue weighted by atomic mass is 16.5. The van der Waals surface area contributed by atoms with Crippen LogP contribution in [0.4, 0.5) is 0 Å². The summed E-state index contributed by atoms with van der Waals surface area (Å²) in [7, 11) is 1.62. The molecule has 3 rings (SSSR count). The van der Waals surface area contributed by atoms with Crippen molar-refractivity contribution in [1.29, 1.82) is 0 Å². The van der Waals surface area contributed by atoms with Crippen molar-refractivity contribution in [1.82, 2.24) is 10.5 Å². The van der Waals surface area contributed by atoms with Crippen LogP contribution in [0.25, 0.3) is 11.3 Å². The molecule has 1 N–H and O–H groups in total. The maximum Gasteiger partial charge on any atom is 0.225 e. The van der Waals surface area contributed by atoms with Crippen molar-refractivity contribution in [3.05, 3.63) is 36.0 Å². The average Bonchev–Trinajstić information content (AvgIpc) is 3.24. The zero-order valence-electron chi connectivity index (χ0n) is 12.4. The Morgan fingerprint density at radius 3 is 3.14 bits per heavy atom. The summed E-state index contributed by atoms with van der Waals surface area (Å²) in [6.07, 6.45) is 0.777. The molecule has 0 radical (unpaired) electrons. The molecule has 22 heavy (non-hydrogen) atoms. The van der Waals surface area contributed by atoms with Gasteiger partial charge in [0.25, 0.3) is 0 Å². The second-order valence-corrected chi connectivity index (χ2v) is 5.19. The van der Waals surface area contributed by atoms with E-state index >= 15 is 0 Å². The van der Waals surface area contributed by atoms with Gasteiger partial charge >= 0.3 is 0 Å². The lowest BCUT2D eigenvalue weighted by atomic mass is 10.1. The molecule has 0 bridgehead atoms. The minimum absolute atomic E-state index is 0.00318. The van der Waals surface area contributed by atoms with E-state index in [9.17, 15) is 4.79 Å². The largest absolute Gasteiger partial charge is 0.497 e. The quantitative estimate of drug-likeness (QED) is 0.914. The van der Waals surface area contributed by atoms with Gasteiger partial charge in [0.1, 0.15) is 11.4 Å². The third-order valence-electron chi connectivity index (χ3n) is 3.66. The van der Waals surface area contributed by atoms with Crippen LogP contribution in [0, 0.1) is 5.92 Å². The number of ether oxygens (including phenoxy) is 2. The van der Waals surface area contributed by atoms with Gasteiger partial charge in [0.2, 0.25) is 5.91 Å². The predicted molar refractivity (Wildman–Crippen MR) is 79.3 cm³/mol. The van der Waals surface area contributed by atoms with Crippen LogP contribution in [0.2, 0.25) is 0 Å². The van der Waals surface area contributed by atoms with Crippen LogP contribution in [0.15, 0.2) is 34.9 Å². The van der Waals surface area contributed by atoms with Gasteiger partial charge in [-0.05, 0) is 18.6 Å². The average molecular weight is 302 g/mol. The first-order chi connectivity index (χ1) is 10.8. The van der Waals surface area contributed by atoms with Crippen LogP contribution in [0.1, 0.15) is 12.1 Å². The van der Waals surface area contributed by atoms with Crippen molar-refractivity contribution < 1.29 is 18.8 Å². The van der Waals surface area contributed by atoms with Crippen molar-refractivity contribution >= 4 is 5.91 Å². The summed E-state index contributed by atoms with van der Waals surface area (Å²) in [5.74, 6) is 1.35. The lowest BCUT2D eigenvalue weighted by molar-refractivity contribution is -0.125. The highest BCUT2D eigenvalue weighted by Gasteiger charge is 2.23. The van der Waals surface area contributed by atoms with E-state index in [-0.39, 0.29) is 11.8 Å². The minimum atomic E-state index is -0.0512. The molecule has 0 unspecified atom stereocenters. The number of benzene rings is 1. The SMILES string of the molecule is COc1cccc(-c2cc(CNC(=O)[C@@H]3CCOC3)no2)c1. The third kappa shape index (κ3) is 3.28. The Hall–Kier alpha value is -2.34. The second-order valence-electron chi connectivity index (χ2n) is 5.19. The third-order valence-corrected chi connectivity index (χ3v) is 3.66. The number of rotatable bonds is 5. The molecule has 1 aromatic carbocycles. The fourth-order valence-electron chi connectivity index (χ4n) is 2.37. The van der Waals surface area contributed by atoms with Crippen LogP contribution >= 0.6 is 0 Å². The maximum atomic E-state index is 11.9. The molecule has 6 nitrogen and oxygen atoms in total. The summed E-state index contributed by atoms with van der Waals surface area (Å²) in [6.45, 7) is 1.50. The summed E-state index contributed by atoms with van der Waals surface area (Å²) in [4.78, 5) is 11.9. The van der Waals surface area contributed by atoms with E-state index in [1.807, 2.05) is 30.3 Å². The van der Waals surface area contributed by atoms with Crippen molar-refractivity contribution in [3.63, 3.8) is 0 Å². The van der Waals surface area contributed by atoms with Gasteiger partial charge in [-0.25, -0.2) is 0 Å². The molecule has 1 aliphatic heterocycles. The molecule has 6 heteroatoms. The lowest BCUT2D eigenvalue weighted by Gasteiger charge is -2.07. The zero-order valence-corrected chi connectivity index (χ0v) is 12.4. The van der Waals surface area contributed by atoms with Gasteiger partial charge < -0.3 is 19.3 Å². The Balaban J connectivity index is 1.62. The van der Waals surface area contributed by atoms with Crippen molar-refractivity contribution in [2.24, 2.45) is 5.92 Å². The standard InChI is InChI=1S/C16H18N2O4/c1-20-14-4-2-3-11(7-14)15-8-13(18-22-15)9-17-16(19)12-5-6-21-10-12/h2-4,7-8,12H,5-6,9-10H2,1H3,(H,17,19)/t12-/m1/s1. The van der Waals surface area contributed by atoms with E-state index in [0.29, 0.717) is 31.2 Å². The van der Waals surface area contributed by atoms with Crippen LogP contribution in [0.5, 0.6) is 5.75 Å². The summed E-state index contributed by atoms with van der Waals surface area (Å²) in [6, 6.07) is 9.36. The molecule has 2 aromatic rings. The first kappa shape index (κ1) is 14.6. The summed E-state index contributed by atoms with van der Waals surface area (Å²) >= 11 is 0. The Morgan fingerprint density at radius 1 is 1.45 bits per heavy atom. The Labute approximate surface area is 128 Å². The van der Waals surface area contributed by atoms with Gasteiger partial charge in [0.05, 0.1) is 26.2 Å². The molecule has 1 aromatic heterocycles. The molecule has 0 saturated carbocycles. The molecule has 1 saturated heterocycles. The van der Waals surface area contributed by atoms with E-state index in [4.69, 9.17) is 14.0 Å². The van der Waals surface area contributed by atoms with Gasteiger partial charge in [-0.1, -0.05) is 17.3 Å². The molecular weight excluding hydrogens is 284 g/mol. The van der Waals surface area contributed by atoms with Crippen LogP contribution in [-0.2, 0) is 16.1 Å². The minimum Gasteiger partial charge on any atom is -0.497 e. The zero-order chi connectivity index (χ0) is 15.4. The molecular formula is C16H18N2O4. The number of hydrogen-bond donors (Lipinski definition) is 1. The molecule has 1 aliphatic rings. The van der Waals surface area contributed by atoms with Gasteiger partial charge in [0, 0.05) is 18.2 Å². The van der Waals surface area contributed by atoms with Gasteiger partial charge in [-0.15, -0.1) is 0 Å². The van der Waals surface area contributed by atoms with Crippen LogP contribution in [0.3, 0.4) is 0 Å².